The van der Waals surface area contributed by atoms with E-state index in [0.29, 0.717) is 36.8 Å². The fraction of sp³-hybridized carbons (Fsp3) is 0.162. The maximum atomic E-state index is 13.5. The second-order valence-corrected chi connectivity index (χ2v) is 13.2. The van der Waals surface area contributed by atoms with Crippen LogP contribution in [0.2, 0.25) is 0 Å². The number of nitrogens with one attached hydrogen (secondary N) is 1. The molecule has 246 valence electrons. The summed E-state index contributed by atoms with van der Waals surface area (Å²) in [5.41, 5.74) is 3.06. The molecule has 0 unspecified atom stereocenters. The van der Waals surface area contributed by atoms with Crippen molar-refractivity contribution in [2.45, 2.75) is 28.7 Å². The zero-order valence-corrected chi connectivity index (χ0v) is 27.8. The summed E-state index contributed by atoms with van der Waals surface area (Å²) in [4.78, 5) is 28.4. The van der Waals surface area contributed by atoms with Crippen LogP contribution >= 0.6 is 23.1 Å². The summed E-state index contributed by atoms with van der Waals surface area (Å²) < 4.78 is 20.8. The number of carbonyl (C=O) groups excluding carboxylic acids is 1. The second-order valence-electron chi connectivity index (χ2n) is 11.2. The Morgan fingerprint density at radius 1 is 0.939 bits per heavy atom. The predicted molar refractivity (Wildman–Crippen MR) is 188 cm³/mol. The first-order valence-corrected chi connectivity index (χ1v) is 17.4. The minimum atomic E-state index is -0.741. The number of rotatable bonds is 12. The normalized spacial score (nSPS) is 14.9. The van der Waals surface area contributed by atoms with E-state index in [4.69, 9.17) is 19.7 Å². The van der Waals surface area contributed by atoms with Crippen molar-refractivity contribution in [1.29, 1.82) is 0 Å². The number of halogens is 1. The molecule has 6 aromatic rings. The van der Waals surface area contributed by atoms with Gasteiger partial charge in [0, 0.05) is 16.9 Å². The number of benzene rings is 4. The van der Waals surface area contributed by atoms with E-state index < -0.39 is 16.6 Å². The van der Waals surface area contributed by atoms with Gasteiger partial charge in [-0.25, -0.2) is 14.6 Å². The zero-order valence-electron chi connectivity index (χ0n) is 26.2. The van der Waals surface area contributed by atoms with Crippen molar-refractivity contribution in [2.75, 3.05) is 18.5 Å². The second kappa shape index (κ2) is 14.9. The molecule has 0 aliphatic carbocycles. The molecule has 4 aromatic carbocycles. The molecule has 2 aromatic heterocycles. The summed E-state index contributed by atoms with van der Waals surface area (Å²) in [6.45, 7) is 0.976. The predicted octanol–water partition coefficient (Wildman–Crippen LogP) is 7.15. The highest BCUT2D eigenvalue weighted by atomic mass is 32.2. The molecule has 0 bridgehead atoms. The Hall–Kier alpha value is -5.17. The lowest BCUT2D eigenvalue weighted by Crippen LogP contribution is -2.38. The van der Waals surface area contributed by atoms with Gasteiger partial charge >= 0.3 is 0 Å². The summed E-state index contributed by atoms with van der Waals surface area (Å²) in [5, 5.41) is 11.5. The molecule has 3 heterocycles. The van der Waals surface area contributed by atoms with E-state index in [1.54, 1.807) is 30.2 Å². The molecule has 1 amide bonds. The average Bonchev–Trinajstić information content (AvgIpc) is 3.94. The van der Waals surface area contributed by atoms with E-state index in [1.165, 1.54) is 0 Å². The van der Waals surface area contributed by atoms with Gasteiger partial charge in [-0.1, -0.05) is 120 Å². The number of anilines is 1. The van der Waals surface area contributed by atoms with Crippen molar-refractivity contribution < 1.29 is 18.8 Å². The summed E-state index contributed by atoms with van der Waals surface area (Å²) in [6, 6.07) is 38.4. The van der Waals surface area contributed by atoms with Gasteiger partial charge in [-0.3, -0.25) is 10.1 Å². The van der Waals surface area contributed by atoms with Gasteiger partial charge in [0.1, 0.15) is 11.9 Å². The van der Waals surface area contributed by atoms with Crippen molar-refractivity contribution in [3.05, 3.63) is 161 Å². The molecule has 1 saturated heterocycles. The van der Waals surface area contributed by atoms with Gasteiger partial charge in [0.15, 0.2) is 27.9 Å². The Morgan fingerprint density at radius 3 is 2.12 bits per heavy atom. The van der Waals surface area contributed by atoms with Crippen LogP contribution in [0.1, 0.15) is 34.5 Å². The number of aromatic nitrogens is 4. The van der Waals surface area contributed by atoms with Gasteiger partial charge in [0.2, 0.25) is 0 Å². The van der Waals surface area contributed by atoms with Crippen LogP contribution in [0.5, 0.6) is 0 Å². The van der Waals surface area contributed by atoms with Gasteiger partial charge in [0.25, 0.3) is 5.91 Å². The summed E-state index contributed by atoms with van der Waals surface area (Å²) in [7, 11) is 0. The molecule has 1 atom stereocenters. The highest BCUT2D eigenvalue weighted by Gasteiger charge is 2.39. The third-order valence-corrected chi connectivity index (χ3v) is 9.76. The lowest BCUT2D eigenvalue weighted by Gasteiger charge is -2.35. The standard InChI is InChI=1S/C37H31FN6O3S2/c38-32-22-39-36(49-32)41-35(45)34(43-47-30-20-21-46-23-30)26-16-18-31(19-17-26)48-24-33-40-25-44(42-33)37(27-10-4-1-5-11-27,28-12-6-2-7-13-28)29-14-8-3-9-15-29/h1-19,22,25,30H,20-21,23-24H2,(H,39,41,45)/b43-34+/t30-/m1/s1. The number of thiazole rings is 1. The molecule has 1 N–H and O–H groups in total. The third kappa shape index (κ3) is 7.16. The van der Waals surface area contributed by atoms with Crippen LogP contribution in [0.25, 0.3) is 0 Å². The Labute approximate surface area is 290 Å². The van der Waals surface area contributed by atoms with Crippen molar-refractivity contribution in [3.63, 3.8) is 0 Å². The molecule has 0 radical (unpaired) electrons. The van der Waals surface area contributed by atoms with Crippen LogP contribution in [-0.2, 0) is 25.7 Å². The van der Waals surface area contributed by atoms with Crippen LogP contribution < -0.4 is 5.32 Å². The molecule has 1 aliphatic rings. The topological polar surface area (TPSA) is 104 Å². The lowest BCUT2D eigenvalue weighted by atomic mass is 9.77. The molecule has 1 fully saturated rings. The minimum Gasteiger partial charge on any atom is -0.389 e. The number of hydrogen-bond acceptors (Lipinski definition) is 9. The van der Waals surface area contributed by atoms with Crippen LogP contribution in [0.3, 0.4) is 0 Å². The van der Waals surface area contributed by atoms with Gasteiger partial charge in [-0.05, 0) is 28.8 Å². The molecule has 9 nitrogen and oxygen atoms in total. The first-order chi connectivity index (χ1) is 24.1. The van der Waals surface area contributed by atoms with Crippen molar-refractivity contribution in [2.24, 2.45) is 5.16 Å². The smallest absolute Gasteiger partial charge is 0.280 e. The van der Waals surface area contributed by atoms with E-state index in [0.717, 1.165) is 39.1 Å². The molecular weight excluding hydrogens is 660 g/mol. The van der Waals surface area contributed by atoms with E-state index in [9.17, 15) is 9.18 Å². The SMILES string of the molecule is O=C(Nc1ncc(F)s1)/C(=N/O[C@@H]1CCOC1)c1ccc(SCc2ncn(C(c3ccccc3)(c3ccccc3)c3ccccc3)n2)cc1. The Balaban J connectivity index is 1.13. The molecule has 7 rings (SSSR count). The van der Waals surface area contributed by atoms with E-state index in [2.05, 4.69) is 51.9 Å². The van der Waals surface area contributed by atoms with E-state index >= 15 is 0 Å². The number of thioether (sulfide) groups is 1. The summed E-state index contributed by atoms with van der Waals surface area (Å²) >= 11 is 2.31. The van der Waals surface area contributed by atoms with Crippen LogP contribution in [0.4, 0.5) is 9.52 Å². The maximum absolute atomic E-state index is 13.5. The number of nitrogens with zero attached hydrogens (tertiary/aromatic N) is 5. The van der Waals surface area contributed by atoms with Crippen LogP contribution in [0, 0.1) is 5.13 Å². The maximum Gasteiger partial charge on any atom is 0.280 e. The Bertz CT molecular complexity index is 1920. The molecule has 49 heavy (non-hydrogen) atoms. The van der Waals surface area contributed by atoms with Crippen LogP contribution in [0.15, 0.2) is 138 Å². The van der Waals surface area contributed by atoms with Crippen molar-refractivity contribution in [1.82, 2.24) is 19.7 Å². The van der Waals surface area contributed by atoms with Gasteiger partial charge in [-0.2, -0.15) is 9.49 Å². The number of oxime groups is 1. The summed E-state index contributed by atoms with van der Waals surface area (Å²) in [6.07, 6.45) is 3.29. The van der Waals surface area contributed by atoms with Gasteiger partial charge < -0.3 is 9.57 Å². The first kappa shape index (κ1) is 32.4. The van der Waals surface area contributed by atoms with E-state index in [-0.39, 0.29) is 16.9 Å². The van der Waals surface area contributed by atoms with Gasteiger partial charge in [-0.15, -0.1) is 11.8 Å². The number of hydrogen-bond donors (Lipinski definition) is 1. The average molecular weight is 691 g/mol. The minimum absolute atomic E-state index is 0.0542. The van der Waals surface area contributed by atoms with E-state index in [1.807, 2.05) is 71.4 Å². The largest absolute Gasteiger partial charge is 0.389 e. The fourth-order valence-electron chi connectivity index (χ4n) is 5.73. The quantitative estimate of drug-likeness (QED) is 0.0630. The summed E-state index contributed by atoms with van der Waals surface area (Å²) in [5.74, 6) is 0.635. The lowest BCUT2D eigenvalue weighted by molar-refractivity contribution is -0.110. The van der Waals surface area contributed by atoms with Crippen molar-refractivity contribution in [3.8, 4) is 0 Å². The van der Waals surface area contributed by atoms with Crippen LogP contribution in [-0.4, -0.2) is 50.7 Å². The van der Waals surface area contributed by atoms with Crippen molar-refractivity contribution >= 4 is 39.8 Å². The Kier molecular flexibility index (Phi) is 9.87. The monoisotopic (exact) mass is 690 g/mol. The molecule has 0 spiro atoms. The number of carbonyl (C=O) groups is 1. The number of amides is 1. The Morgan fingerprint density at radius 2 is 1.57 bits per heavy atom. The highest BCUT2D eigenvalue weighted by Crippen LogP contribution is 2.40. The highest BCUT2D eigenvalue weighted by molar-refractivity contribution is 7.98. The first-order valence-electron chi connectivity index (χ1n) is 15.6. The molecule has 0 saturated carbocycles. The van der Waals surface area contributed by atoms with Gasteiger partial charge in [0.05, 0.1) is 25.2 Å². The zero-order chi connectivity index (χ0) is 33.5. The molecule has 12 heteroatoms. The molecule has 1 aliphatic heterocycles. The number of ether oxygens (including phenoxy) is 1. The fourth-order valence-corrected chi connectivity index (χ4v) is 7.03. The third-order valence-electron chi connectivity index (χ3n) is 8.05. The molecular formula is C37H31FN6O3S2.